The van der Waals surface area contributed by atoms with Gasteiger partial charge in [0.2, 0.25) is 0 Å². The van der Waals surface area contributed by atoms with Gasteiger partial charge in [0.15, 0.2) is 12.4 Å². The summed E-state index contributed by atoms with van der Waals surface area (Å²) in [6.45, 7) is 4.15. The van der Waals surface area contributed by atoms with E-state index in [2.05, 4.69) is 19.2 Å². The molecule has 0 saturated heterocycles. The average molecular weight is 373 g/mol. The van der Waals surface area contributed by atoms with Gasteiger partial charge in [0, 0.05) is 16.8 Å². The number of carbonyl (C=O) groups excluding carboxylic acids is 2. The summed E-state index contributed by atoms with van der Waals surface area (Å²) in [5, 5.41) is 2.77. The van der Waals surface area contributed by atoms with Crippen LogP contribution in [0.5, 0.6) is 5.75 Å². The van der Waals surface area contributed by atoms with Crippen molar-refractivity contribution in [2.75, 3.05) is 11.9 Å². The molecule has 1 amide bonds. The van der Waals surface area contributed by atoms with Crippen molar-refractivity contribution in [3.8, 4) is 5.75 Å². The Morgan fingerprint density at radius 3 is 2.21 bits per heavy atom. The van der Waals surface area contributed by atoms with Crippen LogP contribution in [-0.4, -0.2) is 18.3 Å². The quantitative estimate of drug-likeness (QED) is 0.589. The van der Waals surface area contributed by atoms with Gasteiger partial charge in [-0.3, -0.25) is 9.59 Å². The first kappa shape index (κ1) is 19.4. The molecular weight excluding hydrogens is 350 g/mol. The highest BCUT2D eigenvalue weighted by Gasteiger charge is 2.10. The monoisotopic (exact) mass is 373 g/mol. The van der Waals surface area contributed by atoms with Gasteiger partial charge in [0.1, 0.15) is 5.75 Å². The molecule has 3 rings (SSSR count). The summed E-state index contributed by atoms with van der Waals surface area (Å²) in [4.78, 5) is 24.7. The van der Waals surface area contributed by atoms with E-state index in [1.165, 1.54) is 5.56 Å². The van der Waals surface area contributed by atoms with Crippen LogP contribution in [0.3, 0.4) is 0 Å². The highest BCUT2D eigenvalue weighted by Crippen LogP contribution is 2.19. The van der Waals surface area contributed by atoms with Gasteiger partial charge >= 0.3 is 0 Å². The molecule has 142 valence electrons. The van der Waals surface area contributed by atoms with Crippen LogP contribution in [0.1, 0.15) is 41.3 Å². The lowest BCUT2D eigenvalue weighted by atomic mass is 10.0. The van der Waals surface area contributed by atoms with Crippen molar-refractivity contribution in [3.05, 3.63) is 95.6 Å². The third-order valence-electron chi connectivity index (χ3n) is 4.36. The molecule has 0 fully saturated rings. The Kier molecular flexibility index (Phi) is 6.22. The molecule has 0 heterocycles. The molecule has 0 radical (unpaired) electrons. The smallest absolute Gasteiger partial charge is 0.262 e. The zero-order valence-electron chi connectivity index (χ0n) is 16.0. The van der Waals surface area contributed by atoms with Gasteiger partial charge in [-0.2, -0.15) is 0 Å². The number of ketones is 1. The Labute approximate surface area is 165 Å². The number of amides is 1. The molecular formula is C24H23NO3. The summed E-state index contributed by atoms with van der Waals surface area (Å²) < 4.78 is 5.54. The van der Waals surface area contributed by atoms with Crippen molar-refractivity contribution in [2.24, 2.45) is 0 Å². The van der Waals surface area contributed by atoms with Crippen LogP contribution >= 0.6 is 0 Å². The maximum Gasteiger partial charge on any atom is 0.262 e. The van der Waals surface area contributed by atoms with Crippen LogP contribution in [0.15, 0.2) is 78.9 Å². The summed E-state index contributed by atoms with van der Waals surface area (Å²) in [5.41, 5.74) is 2.91. The fourth-order valence-electron chi connectivity index (χ4n) is 2.79. The van der Waals surface area contributed by atoms with Gasteiger partial charge < -0.3 is 10.1 Å². The second-order valence-corrected chi connectivity index (χ2v) is 6.84. The van der Waals surface area contributed by atoms with Gasteiger partial charge in [-0.05, 0) is 35.7 Å². The summed E-state index contributed by atoms with van der Waals surface area (Å²) >= 11 is 0. The molecule has 0 aliphatic heterocycles. The molecule has 0 aliphatic carbocycles. The Morgan fingerprint density at radius 2 is 1.54 bits per heavy atom. The average Bonchev–Trinajstić information content (AvgIpc) is 2.73. The molecule has 0 unspecified atom stereocenters. The highest BCUT2D eigenvalue weighted by atomic mass is 16.5. The summed E-state index contributed by atoms with van der Waals surface area (Å²) in [6.07, 6.45) is 0. The number of carbonyl (C=O) groups is 2. The lowest BCUT2D eigenvalue weighted by molar-refractivity contribution is -0.118. The largest absolute Gasteiger partial charge is 0.484 e. The minimum Gasteiger partial charge on any atom is -0.484 e. The lowest BCUT2D eigenvalue weighted by Gasteiger charge is -2.10. The van der Waals surface area contributed by atoms with Crippen molar-refractivity contribution >= 4 is 17.4 Å². The second-order valence-electron chi connectivity index (χ2n) is 6.84. The van der Waals surface area contributed by atoms with Crippen molar-refractivity contribution in [1.82, 2.24) is 0 Å². The number of hydrogen-bond donors (Lipinski definition) is 1. The molecule has 0 spiro atoms. The topological polar surface area (TPSA) is 55.4 Å². The minimum atomic E-state index is -0.280. The van der Waals surface area contributed by atoms with E-state index in [0.717, 1.165) is 0 Å². The Balaban J connectivity index is 1.59. The molecule has 3 aromatic carbocycles. The molecule has 0 bridgehead atoms. The third kappa shape index (κ3) is 5.07. The number of benzene rings is 3. The van der Waals surface area contributed by atoms with E-state index in [0.29, 0.717) is 28.5 Å². The zero-order valence-corrected chi connectivity index (χ0v) is 16.0. The van der Waals surface area contributed by atoms with Gasteiger partial charge in [0.05, 0.1) is 0 Å². The number of nitrogens with one attached hydrogen (secondary N) is 1. The number of rotatable bonds is 7. The molecule has 0 aromatic heterocycles. The fourth-order valence-corrected chi connectivity index (χ4v) is 2.79. The molecule has 4 heteroatoms. The predicted molar refractivity (Wildman–Crippen MR) is 111 cm³/mol. The Morgan fingerprint density at radius 1 is 0.857 bits per heavy atom. The SMILES string of the molecule is CC(C)c1ccc(OCC(=O)Nc2cccc(C(=O)c3ccccc3)c2)cc1. The number of hydrogen-bond acceptors (Lipinski definition) is 3. The van der Waals surface area contributed by atoms with Gasteiger partial charge in [-0.1, -0.05) is 68.4 Å². The first-order chi connectivity index (χ1) is 13.5. The van der Waals surface area contributed by atoms with Crippen LogP contribution in [0.2, 0.25) is 0 Å². The van der Waals surface area contributed by atoms with Crippen LogP contribution in [-0.2, 0) is 4.79 Å². The molecule has 0 aliphatic rings. The molecule has 0 atom stereocenters. The maximum absolute atomic E-state index is 12.5. The van der Waals surface area contributed by atoms with Crippen molar-refractivity contribution in [2.45, 2.75) is 19.8 Å². The zero-order chi connectivity index (χ0) is 19.9. The van der Waals surface area contributed by atoms with Crippen molar-refractivity contribution < 1.29 is 14.3 Å². The van der Waals surface area contributed by atoms with Crippen LogP contribution in [0.25, 0.3) is 0 Å². The fraction of sp³-hybridized carbons (Fsp3) is 0.167. The first-order valence-electron chi connectivity index (χ1n) is 9.25. The molecule has 0 saturated carbocycles. The maximum atomic E-state index is 12.5. The highest BCUT2D eigenvalue weighted by molar-refractivity contribution is 6.09. The summed E-state index contributed by atoms with van der Waals surface area (Å²) in [7, 11) is 0. The van der Waals surface area contributed by atoms with Gasteiger partial charge in [0.25, 0.3) is 5.91 Å². The van der Waals surface area contributed by atoms with E-state index in [4.69, 9.17) is 4.74 Å². The second kappa shape index (κ2) is 9.00. The number of ether oxygens (including phenoxy) is 1. The normalized spacial score (nSPS) is 10.5. The summed E-state index contributed by atoms with van der Waals surface area (Å²) in [5.74, 6) is 0.728. The van der Waals surface area contributed by atoms with Gasteiger partial charge in [-0.25, -0.2) is 0 Å². The first-order valence-corrected chi connectivity index (χ1v) is 9.25. The molecule has 28 heavy (non-hydrogen) atoms. The lowest BCUT2D eigenvalue weighted by Crippen LogP contribution is -2.20. The van der Waals surface area contributed by atoms with Crippen molar-refractivity contribution in [3.63, 3.8) is 0 Å². The molecule has 3 aromatic rings. The van der Waals surface area contributed by atoms with E-state index in [9.17, 15) is 9.59 Å². The van der Waals surface area contributed by atoms with E-state index < -0.39 is 0 Å². The van der Waals surface area contributed by atoms with E-state index >= 15 is 0 Å². The molecule has 1 N–H and O–H groups in total. The Bertz CT molecular complexity index is 947. The van der Waals surface area contributed by atoms with E-state index in [1.807, 2.05) is 42.5 Å². The van der Waals surface area contributed by atoms with Crippen molar-refractivity contribution in [1.29, 1.82) is 0 Å². The number of anilines is 1. The minimum absolute atomic E-state index is 0.0850. The van der Waals surface area contributed by atoms with Gasteiger partial charge in [-0.15, -0.1) is 0 Å². The van der Waals surface area contributed by atoms with E-state index in [1.54, 1.807) is 36.4 Å². The van der Waals surface area contributed by atoms with Crippen LogP contribution in [0, 0.1) is 0 Å². The Hall–Kier alpha value is -3.40. The summed E-state index contributed by atoms with van der Waals surface area (Å²) in [6, 6.07) is 23.7. The molecule has 4 nitrogen and oxygen atoms in total. The predicted octanol–water partition coefficient (Wildman–Crippen LogP) is 5.06. The van der Waals surface area contributed by atoms with Crippen LogP contribution < -0.4 is 10.1 Å². The third-order valence-corrected chi connectivity index (χ3v) is 4.36. The standard InChI is InChI=1S/C24H23NO3/c1-17(2)18-11-13-22(14-12-18)28-16-23(26)25-21-10-6-9-20(15-21)24(27)19-7-4-3-5-8-19/h3-15,17H,16H2,1-2H3,(H,25,26). The van der Waals surface area contributed by atoms with E-state index in [-0.39, 0.29) is 18.3 Å². The van der Waals surface area contributed by atoms with Crippen LogP contribution in [0.4, 0.5) is 5.69 Å².